The maximum atomic E-state index is 12.3. The summed E-state index contributed by atoms with van der Waals surface area (Å²) in [5, 5.41) is 3.16. The second kappa shape index (κ2) is 7.63. The summed E-state index contributed by atoms with van der Waals surface area (Å²) in [5.41, 5.74) is 3.43. The number of nitrogens with one attached hydrogen (secondary N) is 1. The van der Waals surface area contributed by atoms with E-state index < -0.39 is 0 Å². The van der Waals surface area contributed by atoms with Crippen LogP contribution in [0, 0.1) is 12.8 Å². The third kappa shape index (κ3) is 4.59. The minimum absolute atomic E-state index is 0.178. The lowest BCUT2D eigenvalue weighted by atomic mass is 9.86. The largest absolute Gasteiger partial charge is 0.326 e. The standard InChI is InChI=1S/C19H29NO/c1-14(2)17-11-7-8-15(3)19(17)20-18(21)13-12-16-9-5-4-6-10-16/h7-8,11,14,16H,4-6,9-10,12-13H2,1-3H3,(H,20,21). The fourth-order valence-electron chi connectivity index (χ4n) is 3.36. The van der Waals surface area contributed by atoms with E-state index in [2.05, 4.69) is 44.3 Å². The maximum absolute atomic E-state index is 12.3. The van der Waals surface area contributed by atoms with E-state index in [-0.39, 0.29) is 5.91 Å². The minimum Gasteiger partial charge on any atom is -0.326 e. The van der Waals surface area contributed by atoms with Crippen LogP contribution in [0.2, 0.25) is 0 Å². The fourth-order valence-corrected chi connectivity index (χ4v) is 3.36. The molecule has 1 aliphatic carbocycles. The first kappa shape index (κ1) is 16.1. The summed E-state index contributed by atoms with van der Waals surface area (Å²) in [6.07, 6.45) is 8.42. The molecule has 0 aliphatic heterocycles. The zero-order valence-corrected chi connectivity index (χ0v) is 13.7. The number of amides is 1. The predicted octanol–water partition coefficient (Wildman–Crippen LogP) is 5.42. The topological polar surface area (TPSA) is 29.1 Å². The Hall–Kier alpha value is -1.31. The quantitative estimate of drug-likeness (QED) is 0.770. The molecule has 0 bridgehead atoms. The molecule has 2 heteroatoms. The summed E-state index contributed by atoms with van der Waals surface area (Å²) in [5.74, 6) is 1.38. The van der Waals surface area contributed by atoms with Crippen molar-refractivity contribution in [3.63, 3.8) is 0 Å². The Morgan fingerprint density at radius 3 is 2.62 bits per heavy atom. The Labute approximate surface area is 129 Å². The van der Waals surface area contributed by atoms with Gasteiger partial charge in [-0.2, -0.15) is 0 Å². The van der Waals surface area contributed by atoms with Crippen molar-refractivity contribution >= 4 is 11.6 Å². The van der Waals surface area contributed by atoms with Gasteiger partial charge in [-0.1, -0.05) is 64.2 Å². The molecular formula is C19H29NO. The van der Waals surface area contributed by atoms with Gasteiger partial charge in [-0.15, -0.1) is 0 Å². The Balaban J connectivity index is 1.93. The number of hydrogen-bond acceptors (Lipinski definition) is 1. The van der Waals surface area contributed by atoms with Crippen molar-refractivity contribution in [3.8, 4) is 0 Å². The van der Waals surface area contributed by atoms with Crippen LogP contribution < -0.4 is 5.32 Å². The first-order valence-corrected chi connectivity index (χ1v) is 8.47. The number of anilines is 1. The first-order valence-electron chi connectivity index (χ1n) is 8.47. The Morgan fingerprint density at radius 1 is 1.24 bits per heavy atom. The lowest BCUT2D eigenvalue weighted by Gasteiger charge is -2.21. The number of para-hydroxylation sites is 1. The van der Waals surface area contributed by atoms with Crippen LogP contribution in [0.4, 0.5) is 5.69 Å². The van der Waals surface area contributed by atoms with Gasteiger partial charge in [0.2, 0.25) is 5.91 Å². The van der Waals surface area contributed by atoms with Crippen molar-refractivity contribution < 1.29 is 4.79 Å². The third-order valence-electron chi connectivity index (χ3n) is 4.70. The van der Waals surface area contributed by atoms with Gasteiger partial charge in [-0.05, 0) is 36.3 Å². The summed E-state index contributed by atoms with van der Waals surface area (Å²) >= 11 is 0. The lowest BCUT2D eigenvalue weighted by molar-refractivity contribution is -0.116. The molecule has 1 amide bonds. The maximum Gasteiger partial charge on any atom is 0.224 e. The Morgan fingerprint density at radius 2 is 1.95 bits per heavy atom. The van der Waals surface area contributed by atoms with Crippen molar-refractivity contribution in [1.82, 2.24) is 0 Å². The molecule has 0 saturated heterocycles. The molecule has 2 nitrogen and oxygen atoms in total. The van der Waals surface area contributed by atoms with Gasteiger partial charge in [0.05, 0.1) is 0 Å². The second-order valence-corrected chi connectivity index (χ2v) is 6.78. The molecule has 0 unspecified atom stereocenters. The molecule has 1 saturated carbocycles. The van der Waals surface area contributed by atoms with Gasteiger partial charge in [0.15, 0.2) is 0 Å². The summed E-state index contributed by atoms with van der Waals surface area (Å²) in [7, 11) is 0. The van der Waals surface area contributed by atoms with Crippen LogP contribution >= 0.6 is 0 Å². The van der Waals surface area contributed by atoms with Crippen molar-refractivity contribution in [2.75, 3.05) is 5.32 Å². The van der Waals surface area contributed by atoms with E-state index in [1.165, 1.54) is 37.7 Å². The molecule has 0 spiro atoms. The molecule has 0 heterocycles. The SMILES string of the molecule is Cc1cccc(C(C)C)c1NC(=O)CCC1CCCCC1. The monoisotopic (exact) mass is 287 g/mol. The van der Waals surface area contributed by atoms with E-state index in [9.17, 15) is 4.79 Å². The van der Waals surface area contributed by atoms with Gasteiger partial charge in [-0.3, -0.25) is 4.79 Å². The number of rotatable bonds is 5. The van der Waals surface area contributed by atoms with Gasteiger partial charge in [0.1, 0.15) is 0 Å². The van der Waals surface area contributed by atoms with E-state index in [0.717, 1.165) is 23.6 Å². The summed E-state index contributed by atoms with van der Waals surface area (Å²) < 4.78 is 0. The molecule has 0 aromatic heterocycles. The molecule has 0 atom stereocenters. The lowest BCUT2D eigenvalue weighted by Crippen LogP contribution is -2.16. The molecule has 0 radical (unpaired) electrons. The van der Waals surface area contributed by atoms with Gasteiger partial charge in [0, 0.05) is 12.1 Å². The van der Waals surface area contributed by atoms with Crippen molar-refractivity contribution in [1.29, 1.82) is 0 Å². The number of carbonyl (C=O) groups is 1. The summed E-state index contributed by atoms with van der Waals surface area (Å²) in [4.78, 5) is 12.3. The smallest absolute Gasteiger partial charge is 0.224 e. The average molecular weight is 287 g/mol. The predicted molar refractivity (Wildman–Crippen MR) is 89.7 cm³/mol. The highest BCUT2D eigenvalue weighted by Gasteiger charge is 2.16. The molecule has 1 fully saturated rings. The number of carbonyl (C=O) groups excluding carboxylic acids is 1. The van der Waals surface area contributed by atoms with Crippen LogP contribution in [0.1, 0.15) is 75.8 Å². The molecule has 116 valence electrons. The normalized spacial score (nSPS) is 16.2. The van der Waals surface area contributed by atoms with E-state index in [1.807, 2.05) is 0 Å². The fraction of sp³-hybridized carbons (Fsp3) is 0.632. The van der Waals surface area contributed by atoms with Crippen LogP contribution in [0.3, 0.4) is 0 Å². The molecule has 1 aromatic rings. The Bertz CT molecular complexity index is 472. The van der Waals surface area contributed by atoms with Gasteiger partial charge >= 0.3 is 0 Å². The van der Waals surface area contributed by atoms with Crippen LogP contribution in [-0.4, -0.2) is 5.91 Å². The third-order valence-corrected chi connectivity index (χ3v) is 4.70. The molecule has 21 heavy (non-hydrogen) atoms. The zero-order valence-electron chi connectivity index (χ0n) is 13.7. The Kier molecular flexibility index (Phi) is 5.84. The molecule has 1 N–H and O–H groups in total. The van der Waals surface area contributed by atoms with Gasteiger partial charge in [-0.25, -0.2) is 0 Å². The average Bonchev–Trinajstić information content (AvgIpc) is 2.48. The molecule has 1 aromatic carbocycles. The minimum atomic E-state index is 0.178. The molecule has 1 aliphatic rings. The van der Waals surface area contributed by atoms with Gasteiger partial charge < -0.3 is 5.32 Å². The van der Waals surface area contributed by atoms with Crippen molar-refractivity contribution in [3.05, 3.63) is 29.3 Å². The molecular weight excluding hydrogens is 258 g/mol. The summed E-state index contributed by atoms with van der Waals surface area (Å²) in [6, 6.07) is 6.26. The van der Waals surface area contributed by atoms with Crippen LogP contribution in [0.5, 0.6) is 0 Å². The van der Waals surface area contributed by atoms with E-state index >= 15 is 0 Å². The van der Waals surface area contributed by atoms with Crippen molar-refractivity contribution in [2.45, 2.75) is 71.6 Å². The second-order valence-electron chi connectivity index (χ2n) is 6.78. The highest BCUT2D eigenvalue weighted by Crippen LogP contribution is 2.29. The highest BCUT2D eigenvalue weighted by molar-refractivity contribution is 5.92. The van der Waals surface area contributed by atoms with Gasteiger partial charge in [0.25, 0.3) is 0 Å². The number of aryl methyl sites for hydroxylation is 1. The zero-order chi connectivity index (χ0) is 15.2. The molecule has 2 rings (SSSR count). The van der Waals surface area contributed by atoms with E-state index in [4.69, 9.17) is 0 Å². The summed E-state index contributed by atoms with van der Waals surface area (Å²) in [6.45, 7) is 6.42. The van der Waals surface area contributed by atoms with E-state index in [0.29, 0.717) is 12.3 Å². The number of benzene rings is 1. The first-order chi connectivity index (χ1) is 10.1. The highest BCUT2D eigenvalue weighted by atomic mass is 16.1. The van der Waals surface area contributed by atoms with Crippen molar-refractivity contribution in [2.24, 2.45) is 5.92 Å². The van der Waals surface area contributed by atoms with Crippen LogP contribution in [-0.2, 0) is 4.79 Å². The van der Waals surface area contributed by atoms with Crippen LogP contribution in [0.15, 0.2) is 18.2 Å². The van der Waals surface area contributed by atoms with Crippen LogP contribution in [0.25, 0.3) is 0 Å². The van der Waals surface area contributed by atoms with E-state index in [1.54, 1.807) is 0 Å². The number of hydrogen-bond donors (Lipinski definition) is 1.